The number of likely N-dealkylation sites (tertiary alicyclic amines) is 1. The van der Waals surface area contributed by atoms with Gasteiger partial charge in [-0.15, -0.1) is 0 Å². The summed E-state index contributed by atoms with van der Waals surface area (Å²) in [7, 11) is 0. The number of halogens is 2. The number of rotatable bonds is 5. The van der Waals surface area contributed by atoms with E-state index in [1.807, 2.05) is 18.2 Å². The number of carbonyl (C=O) groups excluding carboxylic acids is 1. The van der Waals surface area contributed by atoms with Crippen molar-refractivity contribution in [2.75, 3.05) is 5.75 Å². The molecule has 1 saturated heterocycles. The number of piperidine rings is 1. The maximum atomic E-state index is 12.4. The SMILES string of the molecule is C[C@@H]1CCC[C@H](C)N1C(=O)CCSCc1ccc(Cl)c(Cl)c1. The Hall–Kier alpha value is -0.380. The molecule has 1 aliphatic rings. The highest BCUT2D eigenvalue weighted by Crippen LogP contribution is 2.26. The van der Waals surface area contributed by atoms with E-state index < -0.39 is 0 Å². The zero-order valence-electron chi connectivity index (χ0n) is 13.1. The minimum absolute atomic E-state index is 0.293. The molecule has 0 radical (unpaired) electrons. The summed E-state index contributed by atoms with van der Waals surface area (Å²) < 4.78 is 0. The molecule has 0 bridgehead atoms. The van der Waals surface area contributed by atoms with Gasteiger partial charge in [0.25, 0.3) is 0 Å². The minimum Gasteiger partial charge on any atom is -0.337 e. The molecule has 0 spiro atoms. The van der Waals surface area contributed by atoms with Gasteiger partial charge in [0.1, 0.15) is 0 Å². The Kier molecular flexibility index (Phi) is 6.91. The zero-order valence-corrected chi connectivity index (χ0v) is 15.5. The highest BCUT2D eigenvalue weighted by atomic mass is 35.5. The van der Waals surface area contributed by atoms with Crippen LogP contribution in [-0.4, -0.2) is 28.6 Å². The van der Waals surface area contributed by atoms with Crippen molar-refractivity contribution >= 4 is 40.9 Å². The van der Waals surface area contributed by atoms with Crippen LogP contribution in [0.3, 0.4) is 0 Å². The van der Waals surface area contributed by atoms with Gasteiger partial charge in [0.2, 0.25) is 5.91 Å². The standard InChI is InChI=1S/C17H23Cl2NOS/c1-12-4-3-5-13(2)20(12)17(21)8-9-22-11-14-6-7-15(18)16(19)10-14/h6-7,10,12-13H,3-5,8-9,11H2,1-2H3/t12-,13+. The Morgan fingerprint density at radius 1 is 1.23 bits per heavy atom. The highest BCUT2D eigenvalue weighted by molar-refractivity contribution is 7.98. The summed E-state index contributed by atoms with van der Waals surface area (Å²) in [6.07, 6.45) is 4.11. The molecular formula is C17H23Cl2NOS. The van der Waals surface area contributed by atoms with Crippen molar-refractivity contribution in [3.8, 4) is 0 Å². The Bertz CT molecular complexity index is 513. The fraction of sp³-hybridized carbons (Fsp3) is 0.588. The number of carbonyl (C=O) groups is 1. The van der Waals surface area contributed by atoms with Gasteiger partial charge in [0.15, 0.2) is 0 Å². The molecule has 5 heteroatoms. The molecule has 1 heterocycles. The Balaban J connectivity index is 1.76. The van der Waals surface area contributed by atoms with Crippen molar-refractivity contribution < 1.29 is 4.79 Å². The molecule has 0 saturated carbocycles. The van der Waals surface area contributed by atoms with Crippen LogP contribution in [0, 0.1) is 0 Å². The van der Waals surface area contributed by atoms with Crippen molar-refractivity contribution in [2.45, 2.75) is 57.4 Å². The van der Waals surface area contributed by atoms with E-state index in [1.54, 1.807) is 11.8 Å². The lowest BCUT2D eigenvalue weighted by Gasteiger charge is -2.39. The first-order valence-electron chi connectivity index (χ1n) is 7.82. The van der Waals surface area contributed by atoms with Crippen molar-refractivity contribution in [3.63, 3.8) is 0 Å². The lowest BCUT2D eigenvalue weighted by Crippen LogP contribution is -2.47. The van der Waals surface area contributed by atoms with Crippen molar-refractivity contribution in [3.05, 3.63) is 33.8 Å². The van der Waals surface area contributed by atoms with Crippen LogP contribution < -0.4 is 0 Å². The van der Waals surface area contributed by atoms with Crippen LogP contribution in [-0.2, 0) is 10.5 Å². The predicted octanol–water partition coefficient (Wildman–Crippen LogP) is 5.41. The third-order valence-electron chi connectivity index (χ3n) is 4.19. The van der Waals surface area contributed by atoms with Gasteiger partial charge in [0.05, 0.1) is 10.0 Å². The summed E-state index contributed by atoms with van der Waals surface area (Å²) >= 11 is 13.7. The van der Waals surface area contributed by atoms with E-state index in [1.165, 1.54) is 6.42 Å². The largest absolute Gasteiger partial charge is 0.337 e. The number of hydrogen-bond acceptors (Lipinski definition) is 2. The van der Waals surface area contributed by atoms with Gasteiger partial charge >= 0.3 is 0 Å². The van der Waals surface area contributed by atoms with Gasteiger partial charge in [-0.25, -0.2) is 0 Å². The number of thioether (sulfide) groups is 1. The molecule has 1 amide bonds. The van der Waals surface area contributed by atoms with Crippen LogP contribution in [0.1, 0.15) is 45.1 Å². The zero-order chi connectivity index (χ0) is 16.1. The summed E-state index contributed by atoms with van der Waals surface area (Å²) in [4.78, 5) is 14.5. The summed E-state index contributed by atoms with van der Waals surface area (Å²) in [5, 5.41) is 1.17. The van der Waals surface area contributed by atoms with Gasteiger partial charge < -0.3 is 4.90 Å². The molecule has 2 nitrogen and oxygen atoms in total. The van der Waals surface area contributed by atoms with E-state index in [0.717, 1.165) is 29.9 Å². The second kappa shape index (κ2) is 8.47. The minimum atomic E-state index is 0.293. The highest BCUT2D eigenvalue weighted by Gasteiger charge is 2.28. The average molecular weight is 360 g/mol. The molecule has 1 aliphatic heterocycles. The quantitative estimate of drug-likeness (QED) is 0.655. The predicted molar refractivity (Wildman–Crippen MR) is 96.9 cm³/mol. The van der Waals surface area contributed by atoms with Crippen LogP contribution in [0.2, 0.25) is 10.0 Å². The summed E-state index contributed by atoms with van der Waals surface area (Å²) in [5.74, 6) is 1.99. The van der Waals surface area contributed by atoms with Crippen LogP contribution in [0.25, 0.3) is 0 Å². The number of nitrogens with zero attached hydrogens (tertiary/aromatic N) is 1. The Morgan fingerprint density at radius 3 is 2.55 bits per heavy atom. The van der Waals surface area contributed by atoms with E-state index in [9.17, 15) is 4.79 Å². The van der Waals surface area contributed by atoms with Gasteiger partial charge in [0, 0.05) is 30.0 Å². The smallest absolute Gasteiger partial charge is 0.223 e. The fourth-order valence-electron chi connectivity index (χ4n) is 3.02. The molecule has 0 unspecified atom stereocenters. The monoisotopic (exact) mass is 359 g/mol. The van der Waals surface area contributed by atoms with Gasteiger partial charge in [-0.05, 0) is 50.8 Å². The third-order valence-corrected chi connectivity index (χ3v) is 5.96. The molecule has 1 fully saturated rings. The molecule has 0 aliphatic carbocycles. The van der Waals surface area contributed by atoms with Crippen LogP contribution in [0.15, 0.2) is 18.2 Å². The summed E-state index contributed by atoms with van der Waals surface area (Å²) in [5.41, 5.74) is 1.14. The first-order chi connectivity index (χ1) is 10.5. The van der Waals surface area contributed by atoms with E-state index >= 15 is 0 Å². The van der Waals surface area contributed by atoms with E-state index in [2.05, 4.69) is 18.7 Å². The summed E-state index contributed by atoms with van der Waals surface area (Å²) in [6, 6.07) is 6.47. The van der Waals surface area contributed by atoms with Crippen molar-refractivity contribution in [1.82, 2.24) is 4.90 Å². The normalized spacial score (nSPS) is 21.9. The topological polar surface area (TPSA) is 20.3 Å². The molecular weight excluding hydrogens is 337 g/mol. The molecule has 22 heavy (non-hydrogen) atoms. The maximum absolute atomic E-state index is 12.4. The van der Waals surface area contributed by atoms with E-state index in [0.29, 0.717) is 34.5 Å². The van der Waals surface area contributed by atoms with Gasteiger partial charge in [-0.3, -0.25) is 4.79 Å². The molecule has 2 atom stereocenters. The van der Waals surface area contributed by atoms with Gasteiger partial charge in [-0.1, -0.05) is 29.3 Å². The fourth-order valence-corrected chi connectivity index (χ4v) is 4.22. The van der Waals surface area contributed by atoms with Crippen molar-refractivity contribution in [1.29, 1.82) is 0 Å². The van der Waals surface area contributed by atoms with E-state index in [-0.39, 0.29) is 0 Å². The van der Waals surface area contributed by atoms with Gasteiger partial charge in [-0.2, -0.15) is 11.8 Å². The first-order valence-corrected chi connectivity index (χ1v) is 9.73. The van der Waals surface area contributed by atoms with E-state index in [4.69, 9.17) is 23.2 Å². The second-order valence-electron chi connectivity index (χ2n) is 5.98. The van der Waals surface area contributed by atoms with Crippen LogP contribution >= 0.6 is 35.0 Å². The third kappa shape index (κ3) is 4.81. The average Bonchev–Trinajstić information content (AvgIpc) is 2.47. The molecule has 0 N–H and O–H groups in total. The lowest BCUT2D eigenvalue weighted by atomic mass is 9.97. The van der Waals surface area contributed by atoms with Crippen molar-refractivity contribution in [2.24, 2.45) is 0 Å². The number of benzene rings is 1. The molecule has 1 aromatic rings. The Morgan fingerprint density at radius 2 is 1.91 bits per heavy atom. The number of hydrogen-bond donors (Lipinski definition) is 0. The molecule has 2 rings (SSSR count). The Labute approximate surface area is 147 Å². The molecule has 1 aromatic carbocycles. The molecule has 122 valence electrons. The first kappa shape index (κ1) is 18.0. The molecule has 0 aromatic heterocycles. The number of amides is 1. The van der Waals surface area contributed by atoms with Crippen LogP contribution in [0.4, 0.5) is 0 Å². The maximum Gasteiger partial charge on any atom is 0.223 e. The van der Waals surface area contributed by atoms with Crippen LogP contribution in [0.5, 0.6) is 0 Å². The lowest BCUT2D eigenvalue weighted by molar-refractivity contribution is -0.136. The summed E-state index contributed by atoms with van der Waals surface area (Å²) in [6.45, 7) is 4.33. The second-order valence-corrected chi connectivity index (χ2v) is 7.90.